The molecule has 1 fully saturated rings. The van der Waals surface area contributed by atoms with Gasteiger partial charge in [-0.3, -0.25) is 9.69 Å². The van der Waals surface area contributed by atoms with Crippen molar-refractivity contribution in [2.45, 2.75) is 32.4 Å². The average molecular weight is 311 g/mol. The Balaban J connectivity index is 1.67. The van der Waals surface area contributed by atoms with Gasteiger partial charge in [-0.2, -0.15) is 4.98 Å². The summed E-state index contributed by atoms with van der Waals surface area (Å²) in [6.45, 7) is 3.29. The number of nitrogens with one attached hydrogen (secondary N) is 1. The van der Waals surface area contributed by atoms with Crippen LogP contribution in [0, 0.1) is 6.92 Å². The highest BCUT2D eigenvalue weighted by atomic mass is 16.5. The number of aryl methyl sites for hydroxylation is 1. The van der Waals surface area contributed by atoms with Crippen LogP contribution in [0.2, 0.25) is 0 Å². The molecule has 0 amide bonds. The van der Waals surface area contributed by atoms with E-state index in [2.05, 4.69) is 25.0 Å². The van der Waals surface area contributed by atoms with Crippen molar-refractivity contribution in [3.63, 3.8) is 0 Å². The molecule has 2 aromatic heterocycles. The molecule has 7 heteroatoms. The zero-order chi connectivity index (χ0) is 15.8. The van der Waals surface area contributed by atoms with Crippen molar-refractivity contribution in [3.8, 4) is 0 Å². The summed E-state index contributed by atoms with van der Waals surface area (Å²) in [5.74, 6) is 1.94. The molecule has 0 bridgehead atoms. The van der Waals surface area contributed by atoms with E-state index in [4.69, 9.17) is 4.52 Å². The van der Waals surface area contributed by atoms with Crippen molar-refractivity contribution in [1.29, 1.82) is 0 Å². The molecule has 1 aliphatic rings. The molecule has 1 atom stereocenters. The van der Waals surface area contributed by atoms with Crippen LogP contribution < -0.4 is 5.56 Å². The highest BCUT2D eigenvalue weighted by molar-refractivity contribution is 5.77. The molecule has 118 valence electrons. The van der Waals surface area contributed by atoms with Gasteiger partial charge < -0.3 is 9.51 Å². The lowest BCUT2D eigenvalue weighted by atomic mass is 10.2. The Morgan fingerprint density at radius 3 is 3.04 bits per heavy atom. The molecule has 0 aliphatic carbocycles. The fraction of sp³-hybridized carbons (Fsp3) is 0.375. The van der Waals surface area contributed by atoms with Crippen LogP contribution in [0.3, 0.4) is 0 Å². The fourth-order valence-electron chi connectivity index (χ4n) is 3.17. The number of benzene rings is 1. The standard InChI is InChI=1S/C16H17N5O2/c1-10-17-14(23-20-10)9-21-8-4-7-13(21)15-18-12-6-3-2-5-11(12)16(22)19-15/h2-3,5-6,13H,4,7-9H2,1H3,(H,18,19,22). The van der Waals surface area contributed by atoms with E-state index in [9.17, 15) is 4.79 Å². The van der Waals surface area contributed by atoms with Gasteiger partial charge in [0.05, 0.1) is 23.5 Å². The molecule has 23 heavy (non-hydrogen) atoms. The quantitative estimate of drug-likeness (QED) is 0.795. The number of aromatic amines is 1. The van der Waals surface area contributed by atoms with Gasteiger partial charge in [-0.15, -0.1) is 0 Å². The molecule has 0 radical (unpaired) electrons. The third kappa shape index (κ3) is 2.63. The second-order valence-electron chi connectivity index (χ2n) is 5.83. The highest BCUT2D eigenvalue weighted by Gasteiger charge is 2.29. The van der Waals surface area contributed by atoms with Gasteiger partial charge in [0, 0.05) is 0 Å². The van der Waals surface area contributed by atoms with Crippen LogP contribution >= 0.6 is 0 Å². The lowest BCUT2D eigenvalue weighted by Gasteiger charge is -2.21. The SMILES string of the molecule is Cc1noc(CN2CCCC2c2nc3ccccc3c(=O)[nH]2)n1. The largest absolute Gasteiger partial charge is 0.338 e. The Morgan fingerprint density at radius 1 is 1.35 bits per heavy atom. The first-order chi connectivity index (χ1) is 11.2. The van der Waals surface area contributed by atoms with Crippen LogP contribution in [0.25, 0.3) is 10.9 Å². The molecule has 7 nitrogen and oxygen atoms in total. The Hall–Kier alpha value is -2.54. The molecule has 1 aromatic carbocycles. The monoisotopic (exact) mass is 311 g/mol. The van der Waals surface area contributed by atoms with Gasteiger partial charge in [0.1, 0.15) is 5.82 Å². The molecule has 0 saturated carbocycles. The van der Waals surface area contributed by atoms with Gasteiger partial charge in [-0.05, 0) is 38.4 Å². The summed E-state index contributed by atoms with van der Waals surface area (Å²) in [5, 5.41) is 4.44. The van der Waals surface area contributed by atoms with E-state index < -0.39 is 0 Å². The molecule has 3 aromatic rings. The fourth-order valence-corrected chi connectivity index (χ4v) is 3.17. The van der Waals surface area contributed by atoms with Crippen LogP contribution in [0.5, 0.6) is 0 Å². The predicted octanol–water partition coefficient (Wildman–Crippen LogP) is 1.95. The average Bonchev–Trinajstić information content (AvgIpc) is 3.17. The molecule has 4 rings (SSSR count). The maximum Gasteiger partial charge on any atom is 0.258 e. The molecular formula is C16H17N5O2. The Labute approximate surface area is 132 Å². The van der Waals surface area contributed by atoms with Gasteiger partial charge in [-0.1, -0.05) is 17.3 Å². The van der Waals surface area contributed by atoms with Gasteiger partial charge >= 0.3 is 0 Å². The summed E-state index contributed by atoms with van der Waals surface area (Å²) in [7, 11) is 0. The van der Waals surface area contributed by atoms with Crippen LogP contribution in [0.15, 0.2) is 33.6 Å². The van der Waals surface area contributed by atoms with Gasteiger partial charge in [0.25, 0.3) is 5.56 Å². The summed E-state index contributed by atoms with van der Waals surface area (Å²) in [5.41, 5.74) is 0.637. The molecule has 1 aliphatic heterocycles. The smallest absolute Gasteiger partial charge is 0.258 e. The zero-order valence-electron chi connectivity index (χ0n) is 12.8. The van der Waals surface area contributed by atoms with E-state index in [1.165, 1.54) is 0 Å². The zero-order valence-corrected chi connectivity index (χ0v) is 12.8. The van der Waals surface area contributed by atoms with Crippen molar-refractivity contribution in [2.24, 2.45) is 0 Å². The van der Waals surface area contributed by atoms with E-state index in [-0.39, 0.29) is 11.6 Å². The number of fused-ring (bicyclic) bond motifs is 1. The minimum atomic E-state index is -0.0916. The van der Waals surface area contributed by atoms with Crippen molar-refractivity contribution < 1.29 is 4.52 Å². The lowest BCUT2D eigenvalue weighted by molar-refractivity contribution is 0.206. The molecular weight excluding hydrogens is 294 g/mol. The van der Waals surface area contributed by atoms with Gasteiger partial charge in [0.2, 0.25) is 5.89 Å². The van der Waals surface area contributed by atoms with Crippen LogP contribution in [0.4, 0.5) is 0 Å². The maximum absolute atomic E-state index is 12.3. The molecule has 1 saturated heterocycles. The summed E-state index contributed by atoms with van der Waals surface area (Å²) < 4.78 is 5.21. The normalized spacial score (nSPS) is 18.7. The summed E-state index contributed by atoms with van der Waals surface area (Å²) in [4.78, 5) is 26.3. The number of hydrogen-bond acceptors (Lipinski definition) is 6. The Bertz CT molecular complexity index is 901. The minimum absolute atomic E-state index is 0.0690. The number of hydrogen-bond donors (Lipinski definition) is 1. The lowest BCUT2D eigenvalue weighted by Crippen LogP contribution is -2.26. The van der Waals surface area contributed by atoms with Crippen LogP contribution in [0.1, 0.15) is 36.4 Å². The maximum atomic E-state index is 12.3. The van der Waals surface area contributed by atoms with Crippen molar-refractivity contribution in [3.05, 3.63) is 52.2 Å². The Morgan fingerprint density at radius 2 is 2.22 bits per heavy atom. The minimum Gasteiger partial charge on any atom is -0.338 e. The van der Waals surface area contributed by atoms with Crippen molar-refractivity contribution in [1.82, 2.24) is 25.0 Å². The first kappa shape index (κ1) is 14.1. The van der Waals surface area contributed by atoms with E-state index in [1.807, 2.05) is 18.2 Å². The topological polar surface area (TPSA) is 87.9 Å². The summed E-state index contributed by atoms with van der Waals surface area (Å²) in [6, 6.07) is 7.47. The first-order valence-electron chi connectivity index (χ1n) is 7.73. The number of likely N-dealkylation sites (tertiary alicyclic amines) is 1. The van der Waals surface area contributed by atoms with Crippen LogP contribution in [-0.2, 0) is 6.54 Å². The third-order valence-corrected chi connectivity index (χ3v) is 4.22. The molecule has 1 unspecified atom stereocenters. The van der Waals surface area contributed by atoms with Gasteiger partial charge in [0.15, 0.2) is 5.82 Å². The first-order valence-corrected chi connectivity index (χ1v) is 7.73. The second kappa shape index (κ2) is 5.58. The van der Waals surface area contributed by atoms with E-state index >= 15 is 0 Å². The number of nitrogens with zero attached hydrogens (tertiary/aromatic N) is 4. The summed E-state index contributed by atoms with van der Waals surface area (Å²) >= 11 is 0. The number of rotatable bonds is 3. The molecule has 1 N–H and O–H groups in total. The number of H-pyrrole nitrogens is 1. The highest BCUT2D eigenvalue weighted by Crippen LogP contribution is 2.31. The van der Waals surface area contributed by atoms with E-state index in [0.717, 1.165) is 24.9 Å². The van der Waals surface area contributed by atoms with Gasteiger partial charge in [-0.25, -0.2) is 4.98 Å². The number of aromatic nitrogens is 4. The second-order valence-corrected chi connectivity index (χ2v) is 5.83. The van der Waals surface area contributed by atoms with Crippen molar-refractivity contribution >= 4 is 10.9 Å². The Kier molecular flexibility index (Phi) is 3.42. The number of para-hydroxylation sites is 1. The van der Waals surface area contributed by atoms with E-state index in [1.54, 1.807) is 13.0 Å². The molecule has 0 spiro atoms. The van der Waals surface area contributed by atoms with Crippen molar-refractivity contribution in [2.75, 3.05) is 6.54 Å². The van der Waals surface area contributed by atoms with E-state index in [0.29, 0.717) is 29.5 Å². The van der Waals surface area contributed by atoms with Crippen LogP contribution in [-0.4, -0.2) is 31.6 Å². The molecule has 3 heterocycles. The third-order valence-electron chi connectivity index (χ3n) is 4.22. The predicted molar refractivity (Wildman–Crippen MR) is 83.8 cm³/mol. The summed E-state index contributed by atoms with van der Waals surface area (Å²) in [6.07, 6.45) is 2.00.